The lowest BCUT2D eigenvalue weighted by atomic mass is 9.87. The van der Waals surface area contributed by atoms with Gasteiger partial charge in [-0.2, -0.15) is 13.2 Å². The number of halogens is 3. The maximum Gasteiger partial charge on any atom is 0.416 e. The molecule has 2 unspecified atom stereocenters. The fourth-order valence-electron chi connectivity index (χ4n) is 2.43. The Balaban J connectivity index is 2.43. The van der Waals surface area contributed by atoms with Crippen LogP contribution in [0.2, 0.25) is 0 Å². The lowest BCUT2D eigenvalue weighted by Crippen LogP contribution is -2.46. The first-order valence-corrected chi connectivity index (χ1v) is 7.21. The molecule has 2 atom stereocenters. The fraction of sp³-hybridized carbons (Fsp3) is 0.562. The van der Waals surface area contributed by atoms with Crippen molar-refractivity contribution in [2.24, 2.45) is 11.7 Å². The average molecular weight is 317 g/mol. The second-order valence-corrected chi connectivity index (χ2v) is 6.12. The first kappa shape index (κ1) is 18.5. The minimum Gasteiger partial charge on any atom is -0.480 e. The summed E-state index contributed by atoms with van der Waals surface area (Å²) in [6.07, 6.45) is -1.72. The summed E-state index contributed by atoms with van der Waals surface area (Å²) in [5.41, 5.74) is 4.65. The Kier molecular flexibility index (Phi) is 6.00. The van der Waals surface area contributed by atoms with E-state index >= 15 is 0 Å². The van der Waals surface area contributed by atoms with Gasteiger partial charge in [0.2, 0.25) is 0 Å². The molecular formula is C16H22F3NO2. The Hall–Kier alpha value is -1.56. The number of hydrogen-bond donors (Lipinski definition) is 2. The van der Waals surface area contributed by atoms with Gasteiger partial charge in [0.25, 0.3) is 0 Å². The van der Waals surface area contributed by atoms with Gasteiger partial charge in [-0.15, -0.1) is 0 Å². The van der Waals surface area contributed by atoms with Crippen molar-refractivity contribution in [1.29, 1.82) is 0 Å². The zero-order valence-corrected chi connectivity index (χ0v) is 12.8. The minimum absolute atomic E-state index is 0.139. The molecular weight excluding hydrogens is 295 g/mol. The number of hydrogen-bond acceptors (Lipinski definition) is 2. The molecule has 1 aromatic carbocycles. The quantitative estimate of drug-likeness (QED) is 0.803. The van der Waals surface area contributed by atoms with Gasteiger partial charge in [-0.1, -0.05) is 25.5 Å². The zero-order chi connectivity index (χ0) is 17.0. The van der Waals surface area contributed by atoms with Crippen molar-refractivity contribution >= 4 is 5.97 Å². The van der Waals surface area contributed by atoms with E-state index < -0.39 is 23.2 Å². The summed E-state index contributed by atoms with van der Waals surface area (Å²) in [4.78, 5) is 10.9. The van der Waals surface area contributed by atoms with Gasteiger partial charge in [0.05, 0.1) is 5.56 Å². The van der Waals surface area contributed by atoms with Gasteiger partial charge in [0, 0.05) is 0 Å². The van der Waals surface area contributed by atoms with Crippen molar-refractivity contribution in [1.82, 2.24) is 0 Å². The molecule has 3 N–H and O–H groups in total. The van der Waals surface area contributed by atoms with Crippen LogP contribution in [-0.2, 0) is 17.4 Å². The van der Waals surface area contributed by atoms with E-state index in [0.717, 1.165) is 30.5 Å². The van der Waals surface area contributed by atoms with Crippen LogP contribution >= 0.6 is 0 Å². The predicted molar refractivity (Wildman–Crippen MR) is 78.4 cm³/mol. The Bertz CT molecular complexity index is 495. The molecule has 1 aromatic rings. The lowest BCUT2D eigenvalue weighted by molar-refractivity contribution is -0.143. The number of carbonyl (C=O) groups is 1. The van der Waals surface area contributed by atoms with Crippen molar-refractivity contribution < 1.29 is 23.1 Å². The van der Waals surface area contributed by atoms with Crippen molar-refractivity contribution in [2.45, 2.75) is 51.2 Å². The smallest absolute Gasteiger partial charge is 0.416 e. The number of carboxylic acid groups (broad SMARTS) is 1. The summed E-state index contributed by atoms with van der Waals surface area (Å²) in [6.45, 7) is 3.42. The molecule has 124 valence electrons. The van der Waals surface area contributed by atoms with Gasteiger partial charge in [0.15, 0.2) is 0 Å². The van der Waals surface area contributed by atoms with E-state index in [4.69, 9.17) is 10.8 Å². The van der Waals surface area contributed by atoms with Crippen LogP contribution in [0.15, 0.2) is 24.3 Å². The second kappa shape index (κ2) is 7.13. The van der Waals surface area contributed by atoms with Crippen molar-refractivity contribution in [3.8, 4) is 0 Å². The predicted octanol–water partition coefficient (Wildman–Crippen LogP) is 3.86. The standard InChI is InChI=1S/C16H22F3NO2/c1-11(10-15(2,20)14(21)22)4-3-5-12-6-8-13(9-7-12)16(17,18)19/h6-9,11H,3-5,10,20H2,1-2H3,(H,21,22). The van der Waals surface area contributed by atoms with Crippen LogP contribution in [0.25, 0.3) is 0 Å². The third kappa shape index (κ3) is 5.67. The number of aliphatic carboxylic acids is 1. The molecule has 0 aromatic heterocycles. The average Bonchev–Trinajstić information content (AvgIpc) is 2.37. The van der Waals surface area contributed by atoms with E-state index in [1.807, 2.05) is 6.92 Å². The molecule has 22 heavy (non-hydrogen) atoms. The normalized spacial score (nSPS) is 16.1. The van der Waals surface area contributed by atoms with Crippen LogP contribution in [0, 0.1) is 5.92 Å². The third-order valence-corrected chi connectivity index (χ3v) is 3.70. The topological polar surface area (TPSA) is 63.3 Å². The maximum absolute atomic E-state index is 12.4. The first-order chi connectivity index (χ1) is 10.0. The van der Waals surface area contributed by atoms with Gasteiger partial charge < -0.3 is 10.8 Å². The van der Waals surface area contributed by atoms with Crippen LogP contribution in [0.3, 0.4) is 0 Å². The molecule has 0 radical (unpaired) electrons. The number of carboxylic acids is 1. The molecule has 1 rings (SSSR count). The number of nitrogens with two attached hydrogens (primary N) is 1. The zero-order valence-electron chi connectivity index (χ0n) is 12.8. The highest BCUT2D eigenvalue weighted by molar-refractivity contribution is 5.77. The molecule has 0 heterocycles. The van der Waals surface area contributed by atoms with Gasteiger partial charge in [-0.25, -0.2) is 0 Å². The van der Waals surface area contributed by atoms with Crippen molar-refractivity contribution in [3.05, 3.63) is 35.4 Å². The molecule has 0 aliphatic rings. The Morgan fingerprint density at radius 2 is 1.82 bits per heavy atom. The number of aryl methyl sites for hydroxylation is 1. The van der Waals surface area contributed by atoms with E-state index in [0.29, 0.717) is 12.8 Å². The molecule has 0 aliphatic carbocycles. The first-order valence-electron chi connectivity index (χ1n) is 7.21. The molecule has 0 bridgehead atoms. The van der Waals surface area contributed by atoms with E-state index in [2.05, 4.69) is 0 Å². The van der Waals surface area contributed by atoms with E-state index in [1.54, 1.807) is 0 Å². The molecule has 0 saturated heterocycles. The van der Waals surface area contributed by atoms with Crippen molar-refractivity contribution in [3.63, 3.8) is 0 Å². The van der Waals surface area contributed by atoms with Crippen LogP contribution in [-0.4, -0.2) is 16.6 Å². The van der Waals surface area contributed by atoms with E-state index in [-0.39, 0.29) is 5.92 Å². The largest absolute Gasteiger partial charge is 0.480 e. The summed E-state index contributed by atoms with van der Waals surface area (Å²) < 4.78 is 37.3. The van der Waals surface area contributed by atoms with Crippen LogP contribution in [0.4, 0.5) is 13.2 Å². The summed E-state index contributed by atoms with van der Waals surface area (Å²) >= 11 is 0. The highest BCUT2D eigenvalue weighted by Crippen LogP contribution is 2.29. The highest BCUT2D eigenvalue weighted by Gasteiger charge is 2.30. The molecule has 0 fully saturated rings. The number of alkyl halides is 3. The second-order valence-electron chi connectivity index (χ2n) is 6.12. The summed E-state index contributed by atoms with van der Waals surface area (Å²) in [5.74, 6) is -0.886. The minimum atomic E-state index is -4.31. The van der Waals surface area contributed by atoms with Crippen LogP contribution < -0.4 is 5.73 Å². The van der Waals surface area contributed by atoms with E-state index in [1.165, 1.54) is 19.1 Å². The third-order valence-electron chi connectivity index (χ3n) is 3.70. The Morgan fingerprint density at radius 3 is 2.27 bits per heavy atom. The molecule has 0 spiro atoms. The Labute approximate surface area is 128 Å². The van der Waals surface area contributed by atoms with Gasteiger partial charge in [-0.3, -0.25) is 4.79 Å². The molecule has 0 saturated carbocycles. The fourth-order valence-corrected chi connectivity index (χ4v) is 2.43. The van der Waals surface area contributed by atoms with E-state index in [9.17, 15) is 18.0 Å². The monoisotopic (exact) mass is 317 g/mol. The van der Waals surface area contributed by atoms with Gasteiger partial charge in [0.1, 0.15) is 5.54 Å². The molecule has 0 amide bonds. The van der Waals surface area contributed by atoms with Gasteiger partial charge >= 0.3 is 12.1 Å². The Morgan fingerprint density at radius 1 is 1.27 bits per heavy atom. The van der Waals surface area contributed by atoms with Crippen LogP contribution in [0.5, 0.6) is 0 Å². The summed E-state index contributed by atoms with van der Waals surface area (Å²) in [5, 5.41) is 8.97. The number of benzene rings is 1. The lowest BCUT2D eigenvalue weighted by Gasteiger charge is -2.23. The highest BCUT2D eigenvalue weighted by atomic mass is 19.4. The molecule has 6 heteroatoms. The summed E-state index contributed by atoms with van der Waals surface area (Å²) in [6, 6.07) is 5.13. The molecule has 0 aliphatic heterocycles. The SMILES string of the molecule is CC(CCCc1ccc(C(F)(F)F)cc1)CC(C)(N)C(=O)O. The molecule has 3 nitrogen and oxygen atoms in total. The maximum atomic E-state index is 12.4. The van der Waals surface area contributed by atoms with Gasteiger partial charge in [-0.05, 0) is 49.8 Å². The van der Waals surface area contributed by atoms with Crippen LogP contribution in [0.1, 0.15) is 44.2 Å². The summed E-state index contributed by atoms with van der Waals surface area (Å²) in [7, 11) is 0. The number of rotatable bonds is 7. The van der Waals surface area contributed by atoms with Crippen molar-refractivity contribution in [2.75, 3.05) is 0 Å².